The van der Waals surface area contributed by atoms with Gasteiger partial charge in [-0.3, -0.25) is 9.59 Å². The normalized spacial score (nSPS) is 13.0. The van der Waals surface area contributed by atoms with Gasteiger partial charge in [0.25, 0.3) is 0 Å². The number of thioether (sulfide) groups is 1. The number of ether oxygens (including phenoxy) is 1. The summed E-state index contributed by atoms with van der Waals surface area (Å²) in [5.74, 6) is -1.30. The van der Waals surface area contributed by atoms with E-state index in [0.29, 0.717) is 34.8 Å². The summed E-state index contributed by atoms with van der Waals surface area (Å²) in [4.78, 5) is 36.2. The molecule has 0 saturated carbocycles. The molecule has 8 nitrogen and oxygen atoms in total. The molecular weight excluding hydrogens is 613 g/mol. The number of carbonyl (C=O) groups is 2. The molecule has 10 heteroatoms. The largest absolute Gasteiger partial charge is 0.507 e. The number of thiophene rings is 1. The van der Waals surface area contributed by atoms with Gasteiger partial charge in [-0.25, -0.2) is 4.79 Å². The zero-order chi connectivity index (χ0) is 32.3. The van der Waals surface area contributed by atoms with Gasteiger partial charge in [0.1, 0.15) is 17.1 Å². The number of ketones is 1. The van der Waals surface area contributed by atoms with Gasteiger partial charge in [0.15, 0.2) is 11.2 Å². The number of aliphatic hydroxyl groups excluding tert-OH is 1. The van der Waals surface area contributed by atoms with Gasteiger partial charge in [0, 0.05) is 16.5 Å². The third-order valence-corrected chi connectivity index (χ3v) is 8.98. The summed E-state index contributed by atoms with van der Waals surface area (Å²) in [5, 5.41) is 34.6. The fourth-order valence-electron chi connectivity index (χ4n) is 4.74. The predicted octanol–water partition coefficient (Wildman–Crippen LogP) is 7.97. The van der Waals surface area contributed by atoms with Crippen LogP contribution in [-0.4, -0.2) is 38.9 Å². The lowest BCUT2D eigenvalue weighted by Gasteiger charge is -2.19. The number of allylic oxidation sites excluding steroid dienone is 3. The predicted molar refractivity (Wildman–Crippen MR) is 178 cm³/mol. The van der Waals surface area contributed by atoms with Crippen LogP contribution >= 0.6 is 23.1 Å². The maximum Gasteiger partial charge on any atom is 0.371 e. The van der Waals surface area contributed by atoms with Gasteiger partial charge >= 0.3 is 5.97 Å². The van der Waals surface area contributed by atoms with Crippen molar-refractivity contribution < 1.29 is 34.1 Å². The number of phenols is 1. The van der Waals surface area contributed by atoms with Crippen molar-refractivity contribution in [1.82, 2.24) is 0 Å². The summed E-state index contributed by atoms with van der Waals surface area (Å²) < 4.78 is 11.4. The number of fused-ring (bicyclic) bond motifs is 1. The molecule has 0 fully saturated rings. The highest BCUT2D eigenvalue weighted by Crippen LogP contribution is 2.36. The zero-order valence-corrected chi connectivity index (χ0v) is 26.7. The first-order valence-corrected chi connectivity index (χ1v) is 16.5. The minimum absolute atomic E-state index is 0.0108. The highest BCUT2D eigenvalue weighted by atomic mass is 32.2. The minimum Gasteiger partial charge on any atom is -0.507 e. The Morgan fingerprint density at radius 1 is 1.11 bits per heavy atom. The summed E-state index contributed by atoms with van der Waals surface area (Å²) in [7, 11) is 0. The molecule has 0 bridgehead atoms. The van der Waals surface area contributed by atoms with E-state index in [2.05, 4.69) is 0 Å². The first-order chi connectivity index (χ1) is 21.7. The molecule has 2 aromatic heterocycles. The summed E-state index contributed by atoms with van der Waals surface area (Å²) in [6.07, 6.45) is 11.0. The molecule has 2 atom stereocenters. The van der Waals surface area contributed by atoms with Crippen molar-refractivity contribution in [3.8, 4) is 11.5 Å². The van der Waals surface area contributed by atoms with E-state index in [1.165, 1.54) is 30.0 Å². The molecule has 3 N–H and O–H groups in total. The number of hydrogen-bond acceptors (Lipinski definition) is 9. The minimum atomic E-state index is -1.32. The van der Waals surface area contributed by atoms with Crippen LogP contribution in [0.2, 0.25) is 0 Å². The fraction of sp³-hybridized carbons (Fsp3) is 0.286. The van der Waals surface area contributed by atoms with E-state index in [0.717, 1.165) is 37.3 Å². The summed E-state index contributed by atoms with van der Waals surface area (Å²) in [6.45, 7) is 3.94. The van der Waals surface area contributed by atoms with Gasteiger partial charge in [-0.1, -0.05) is 37.6 Å². The second kappa shape index (κ2) is 16.3. The van der Waals surface area contributed by atoms with E-state index in [1.54, 1.807) is 30.3 Å². The molecule has 0 spiro atoms. The van der Waals surface area contributed by atoms with Crippen LogP contribution in [0.25, 0.3) is 11.0 Å². The Labute approximate surface area is 269 Å². The fourth-order valence-corrected chi connectivity index (χ4v) is 6.52. The lowest BCUT2D eigenvalue weighted by molar-refractivity contribution is 0.0662. The number of carbonyl (C=O) groups excluding carboxylic acids is 1. The number of phenolic OH excluding ortho intramolecular Hbond substituents is 1. The molecule has 0 aliphatic carbocycles. The molecule has 2 heterocycles. The molecule has 0 aliphatic heterocycles. The third-order valence-electron chi connectivity index (χ3n) is 7.07. The number of aromatic hydroxyl groups is 1. The van der Waals surface area contributed by atoms with Crippen molar-refractivity contribution in [2.24, 2.45) is 0 Å². The summed E-state index contributed by atoms with van der Waals surface area (Å²) >= 11 is 2.88. The van der Waals surface area contributed by atoms with Crippen molar-refractivity contribution in [1.29, 1.82) is 0 Å². The number of carboxylic acid groups (broad SMARTS) is 1. The number of rotatable bonds is 16. The van der Waals surface area contributed by atoms with E-state index < -0.39 is 23.3 Å². The molecule has 45 heavy (non-hydrogen) atoms. The van der Waals surface area contributed by atoms with Gasteiger partial charge in [0.05, 0.1) is 28.9 Å². The highest BCUT2D eigenvalue weighted by molar-refractivity contribution is 8.00. The van der Waals surface area contributed by atoms with Crippen molar-refractivity contribution in [3.63, 3.8) is 0 Å². The Hall–Kier alpha value is -4.12. The molecule has 0 saturated heterocycles. The van der Waals surface area contributed by atoms with Crippen LogP contribution in [0, 0.1) is 0 Å². The second-order valence-electron chi connectivity index (χ2n) is 10.4. The van der Waals surface area contributed by atoms with Crippen molar-refractivity contribution >= 4 is 45.8 Å². The number of hydrogen-bond donors (Lipinski definition) is 3. The Morgan fingerprint density at radius 3 is 2.64 bits per heavy atom. The monoisotopic (exact) mass is 648 g/mol. The van der Waals surface area contributed by atoms with E-state index >= 15 is 0 Å². The standard InChI is InChI=1S/C35H36O8S2/c1-3-10-27-29(15-14-25(22(2)36)34(27)39)42-17-9-7-5-4-6-8-11-32(33(38)23-16-18-44-21-23)45-24-12-13-26-28(37)20-31(35(40)41)43-30(26)19-24/h4,6,8,11-16,18-21,32-33,38-39H,3,5,7,9-10,17H2,1-2H3,(H,40,41)/b6-4-,11-8+. The quantitative estimate of drug-likeness (QED) is 0.0478. The molecule has 236 valence electrons. The summed E-state index contributed by atoms with van der Waals surface area (Å²) in [6, 6.07) is 11.2. The average Bonchev–Trinajstić information content (AvgIpc) is 3.55. The van der Waals surface area contributed by atoms with E-state index in [9.17, 15) is 29.7 Å². The van der Waals surface area contributed by atoms with Crippen LogP contribution < -0.4 is 10.2 Å². The molecule has 4 aromatic rings. The van der Waals surface area contributed by atoms with Crippen molar-refractivity contribution in [2.45, 2.75) is 62.2 Å². The first kappa shape index (κ1) is 33.8. The SMILES string of the molecule is CCCc1c(OCCCC/C=C\C=C\C(Sc2ccc3c(=O)cc(C(=O)O)oc3c2)C(O)c2ccsc2)ccc(C(C)=O)c1O. The van der Waals surface area contributed by atoms with Crippen LogP contribution in [0.4, 0.5) is 0 Å². The van der Waals surface area contributed by atoms with E-state index in [-0.39, 0.29) is 27.8 Å². The van der Waals surface area contributed by atoms with E-state index in [4.69, 9.17) is 9.15 Å². The van der Waals surface area contributed by atoms with Crippen molar-refractivity contribution in [2.75, 3.05) is 6.61 Å². The van der Waals surface area contributed by atoms with Gasteiger partial charge in [-0.15, -0.1) is 11.8 Å². The van der Waals surface area contributed by atoms with Gasteiger partial charge in [0.2, 0.25) is 5.76 Å². The number of Topliss-reactive ketones (excluding diaryl/α,β-unsaturated/α-hetero) is 1. The highest BCUT2D eigenvalue weighted by Gasteiger charge is 2.21. The number of benzene rings is 2. The smallest absolute Gasteiger partial charge is 0.371 e. The number of unbranched alkanes of at least 4 members (excludes halogenated alkanes) is 2. The van der Waals surface area contributed by atoms with E-state index in [1.807, 2.05) is 48.1 Å². The Kier molecular flexibility index (Phi) is 12.2. The average molecular weight is 649 g/mol. The van der Waals surface area contributed by atoms with Crippen LogP contribution in [0.5, 0.6) is 11.5 Å². The molecular formula is C35H36O8S2. The zero-order valence-electron chi connectivity index (χ0n) is 25.1. The summed E-state index contributed by atoms with van der Waals surface area (Å²) in [5.41, 5.74) is 1.52. The number of aliphatic hydroxyl groups is 1. The Morgan fingerprint density at radius 2 is 1.93 bits per heavy atom. The van der Waals surface area contributed by atoms with Crippen LogP contribution in [-0.2, 0) is 6.42 Å². The lowest BCUT2D eigenvalue weighted by Crippen LogP contribution is -2.12. The van der Waals surface area contributed by atoms with Crippen molar-refractivity contribution in [3.05, 3.63) is 110 Å². The Bertz CT molecular complexity index is 1740. The first-order valence-electron chi connectivity index (χ1n) is 14.7. The lowest BCUT2D eigenvalue weighted by atomic mass is 10.0. The van der Waals surface area contributed by atoms with Gasteiger partial charge in [-0.2, -0.15) is 11.3 Å². The maximum absolute atomic E-state index is 12.3. The molecule has 0 radical (unpaired) electrons. The molecule has 0 amide bonds. The topological polar surface area (TPSA) is 134 Å². The van der Waals surface area contributed by atoms with Crippen LogP contribution in [0.15, 0.2) is 91.6 Å². The number of carboxylic acids is 1. The van der Waals surface area contributed by atoms with Crippen LogP contribution in [0.3, 0.4) is 0 Å². The molecule has 4 rings (SSSR count). The van der Waals surface area contributed by atoms with Crippen LogP contribution in [0.1, 0.15) is 77.7 Å². The molecule has 2 aromatic carbocycles. The second-order valence-corrected chi connectivity index (χ2v) is 12.5. The number of aromatic carboxylic acids is 1. The third kappa shape index (κ3) is 8.97. The molecule has 0 aliphatic rings. The van der Waals surface area contributed by atoms with Gasteiger partial charge in [-0.05, 0) is 85.3 Å². The molecule has 2 unspecified atom stereocenters. The van der Waals surface area contributed by atoms with Gasteiger partial charge < -0.3 is 24.5 Å². The maximum atomic E-state index is 12.3. The Balaban J connectivity index is 1.35.